The van der Waals surface area contributed by atoms with Crippen molar-refractivity contribution in [3.05, 3.63) is 65.2 Å². The lowest BCUT2D eigenvalue weighted by molar-refractivity contribution is -0.137. The van der Waals surface area contributed by atoms with Crippen LogP contribution in [0.25, 0.3) is 0 Å². The Labute approximate surface area is 141 Å². The van der Waals surface area contributed by atoms with Crippen LogP contribution in [0.1, 0.15) is 27.5 Å². The number of rotatable bonds is 3. The van der Waals surface area contributed by atoms with Crippen LogP contribution in [0.5, 0.6) is 0 Å². The second-order valence-electron chi connectivity index (χ2n) is 5.45. The minimum absolute atomic E-state index is 0.138. The number of amides is 1. The van der Waals surface area contributed by atoms with Gasteiger partial charge in [-0.2, -0.15) is 13.2 Å². The number of aliphatic imine (C=N–C) groups is 1. The topological polar surface area (TPSA) is 76.7 Å². The number of hydrogen-bond donors (Lipinski definition) is 2. The quantitative estimate of drug-likeness (QED) is 0.892. The number of nitrogens with two attached hydrogens (primary N) is 1. The molecule has 2 aromatic carbocycles. The summed E-state index contributed by atoms with van der Waals surface area (Å²) >= 11 is 0. The first-order valence-electron chi connectivity index (χ1n) is 7.37. The van der Waals surface area contributed by atoms with E-state index in [1.807, 2.05) is 0 Å². The molecular formula is C17H14F3N3O2. The van der Waals surface area contributed by atoms with Gasteiger partial charge in [0, 0.05) is 11.3 Å². The number of nitrogens with zero attached hydrogens (tertiary/aromatic N) is 1. The molecule has 1 amide bonds. The highest BCUT2D eigenvalue weighted by Crippen LogP contribution is 2.29. The summed E-state index contributed by atoms with van der Waals surface area (Å²) in [5, 5.41) is 2.63. The lowest BCUT2D eigenvalue weighted by Crippen LogP contribution is -2.13. The molecule has 3 N–H and O–H groups in total. The van der Waals surface area contributed by atoms with Crippen molar-refractivity contribution in [2.75, 3.05) is 11.9 Å². The lowest BCUT2D eigenvalue weighted by Gasteiger charge is -2.10. The van der Waals surface area contributed by atoms with Crippen LogP contribution in [0.4, 0.5) is 18.9 Å². The van der Waals surface area contributed by atoms with E-state index in [-0.39, 0.29) is 17.6 Å². The SMILES string of the molecule is NC1=NC(c2ccc(NC(=O)c3ccc(C(F)(F)F)cc3)cc2)CO1. The molecule has 0 fully saturated rings. The van der Waals surface area contributed by atoms with Gasteiger partial charge < -0.3 is 15.8 Å². The molecular weight excluding hydrogens is 335 g/mol. The number of halogens is 3. The van der Waals surface area contributed by atoms with Crippen molar-refractivity contribution in [1.82, 2.24) is 0 Å². The summed E-state index contributed by atoms with van der Waals surface area (Å²) < 4.78 is 42.7. The third-order valence-corrected chi connectivity index (χ3v) is 3.70. The van der Waals surface area contributed by atoms with Crippen molar-refractivity contribution < 1.29 is 22.7 Å². The molecule has 130 valence electrons. The fourth-order valence-corrected chi connectivity index (χ4v) is 2.37. The van der Waals surface area contributed by atoms with Crippen LogP contribution in [0.3, 0.4) is 0 Å². The predicted molar refractivity (Wildman–Crippen MR) is 86.2 cm³/mol. The molecule has 1 aliphatic rings. The monoisotopic (exact) mass is 349 g/mol. The summed E-state index contributed by atoms with van der Waals surface area (Å²) in [4.78, 5) is 16.2. The van der Waals surface area contributed by atoms with Crippen molar-refractivity contribution in [2.24, 2.45) is 10.7 Å². The van der Waals surface area contributed by atoms with E-state index in [2.05, 4.69) is 10.3 Å². The molecule has 0 spiro atoms. The second kappa shape index (κ2) is 6.46. The van der Waals surface area contributed by atoms with Gasteiger partial charge in [0.15, 0.2) is 0 Å². The molecule has 0 aliphatic carbocycles. The molecule has 0 bridgehead atoms. The van der Waals surface area contributed by atoms with Gasteiger partial charge in [-0.15, -0.1) is 0 Å². The number of benzene rings is 2. The zero-order valence-corrected chi connectivity index (χ0v) is 12.9. The minimum Gasteiger partial charge on any atom is -0.463 e. The highest BCUT2D eigenvalue weighted by molar-refractivity contribution is 6.04. The van der Waals surface area contributed by atoms with Gasteiger partial charge in [0.05, 0.1) is 5.56 Å². The molecule has 2 aromatic rings. The van der Waals surface area contributed by atoms with Gasteiger partial charge >= 0.3 is 6.18 Å². The molecule has 1 aliphatic heterocycles. The van der Waals surface area contributed by atoms with Crippen LogP contribution in [-0.4, -0.2) is 18.5 Å². The van der Waals surface area contributed by atoms with Crippen molar-refractivity contribution in [3.8, 4) is 0 Å². The van der Waals surface area contributed by atoms with E-state index < -0.39 is 17.6 Å². The normalized spacial score (nSPS) is 16.9. The summed E-state index contributed by atoms with van der Waals surface area (Å²) in [5.74, 6) is -0.493. The van der Waals surface area contributed by atoms with E-state index >= 15 is 0 Å². The van der Waals surface area contributed by atoms with Crippen LogP contribution < -0.4 is 11.1 Å². The number of nitrogens with one attached hydrogen (secondary N) is 1. The van der Waals surface area contributed by atoms with Gasteiger partial charge in [0.25, 0.3) is 11.9 Å². The van der Waals surface area contributed by atoms with Gasteiger partial charge in [-0.3, -0.25) is 4.79 Å². The first-order chi connectivity index (χ1) is 11.8. The number of anilines is 1. The zero-order chi connectivity index (χ0) is 18.0. The second-order valence-corrected chi connectivity index (χ2v) is 5.45. The summed E-state index contributed by atoms with van der Waals surface area (Å²) in [5.41, 5.74) is 6.20. The highest BCUT2D eigenvalue weighted by atomic mass is 19.4. The van der Waals surface area contributed by atoms with Gasteiger partial charge in [-0.1, -0.05) is 12.1 Å². The smallest absolute Gasteiger partial charge is 0.416 e. The molecule has 8 heteroatoms. The number of carbonyl (C=O) groups excluding carboxylic acids is 1. The van der Waals surface area contributed by atoms with Crippen molar-refractivity contribution in [1.29, 1.82) is 0 Å². The standard InChI is InChI=1S/C17H14F3N3O2/c18-17(19,20)12-5-1-11(2-6-12)15(24)22-13-7-3-10(4-8-13)14-9-25-16(21)23-14/h1-8,14H,9H2,(H2,21,23)(H,22,24). The predicted octanol–water partition coefficient (Wildman–Crippen LogP) is 3.34. The first kappa shape index (κ1) is 16.8. The largest absolute Gasteiger partial charge is 0.463 e. The van der Waals surface area contributed by atoms with Gasteiger partial charge in [0.2, 0.25) is 0 Å². The maximum Gasteiger partial charge on any atom is 0.416 e. The third kappa shape index (κ3) is 3.90. The van der Waals surface area contributed by atoms with Crippen LogP contribution in [0.2, 0.25) is 0 Å². The molecule has 5 nitrogen and oxygen atoms in total. The first-order valence-corrected chi connectivity index (χ1v) is 7.37. The average Bonchev–Trinajstić information content (AvgIpc) is 3.01. The Morgan fingerprint density at radius 1 is 1.12 bits per heavy atom. The number of carbonyl (C=O) groups is 1. The van der Waals surface area contributed by atoms with Crippen molar-refractivity contribution >= 4 is 17.6 Å². The van der Waals surface area contributed by atoms with Crippen LogP contribution in [0.15, 0.2) is 53.5 Å². The van der Waals surface area contributed by atoms with E-state index in [1.54, 1.807) is 24.3 Å². The van der Waals surface area contributed by atoms with Gasteiger partial charge in [-0.25, -0.2) is 4.99 Å². The van der Waals surface area contributed by atoms with Crippen LogP contribution >= 0.6 is 0 Å². The molecule has 1 unspecified atom stereocenters. The van der Waals surface area contributed by atoms with Crippen LogP contribution in [-0.2, 0) is 10.9 Å². The lowest BCUT2D eigenvalue weighted by atomic mass is 10.1. The Kier molecular flexibility index (Phi) is 4.35. The Hall–Kier alpha value is -3.03. The van der Waals surface area contributed by atoms with E-state index in [1.165, 1.54) is 0 Å². The Balaban J connectivity index is 1.67. The fraction of sp³-hybridized carbons (Fsp3) is 0.176. The van der Waals surface area contributed by atoms with Gasteiger partial charge in [0.1, 0.15) is 12.6 Å². The summed E-state index contributed by atoms with van der Waals surface area (Å²) in [6, 6.07) is 10.9. The van der Waals surface area contributed by atoms with E-state index in [4.69, 9.17) is 10.5 Å². The van der Waals surface area contributed by atoms with Gasteiger partial charge in [-0.05, 0) is 42.0 Å². The maximum absolute atomic E-state index is 12.5. The molecule has 3 rings (SSSR count). The molecule has 25 heavy (non-hydrogen) atoms. The maximum atomic E-state index is 12.5. The highest BCUT2D eigenvalue weighted by Gasteiger charge is 2.30. The average molecular weight is 349 g/mol. The Bertz CT molecular complexity index is 799. The van der Waals surface area contributed by atoms with E-state index in [0.29, 0.717) is 12.3 Å². The van der Waals surface area contributed by atoms with E-state index in [0.717, 1.165) is 29.8 Å². The minimum atomic E-state index is -4.43. The molecule has 1 heterocycles. The number of ether oxygens (including phenoxy) is 1. The Morgan fingerprint density at radius 3 is 2.28 bits per heavy atom. The molecule has 0 saturated carbocycles. The summed E-state index contributed by atoms with van der Waals surface area (Å²) in [7, 11) is 0. The fourth-order valence-electron chi connectivity index (χ4n) is 2.37. The molecule has 1 atom stereocenters. The number of amidine groups is 1. The van der Waals surface area contributed by atoms with Crippen molar-refractivity contribution in [3.63, 3.8) is 0 Å². The number of alkyl halides is 3. The Morgan fingerprint density at radius 2 is 1.76 bits per heavy atom. The zero-order valence-electron chi connectivity index (χ0n) is 12.9. The molecule has 0 radical (unpaired) electrons. The summed E-state index contributed by atoms with van der Waals surface area (Å²) in [6.45, 7) is 0.364. The van der Waals surface area contributed by atoms with E-state index in [9.17, 15) is 18.0 Å². The summed E-state index contributed by atoms with van der Waals surface area (Å²) in [6.07, 6.45) is -4.43. The van der Waals surface area contributed by atoms with Crippen molar-refractivity contribution in [2.45, 2.75) is 12.2 Å². The molecule has 0 saturated heterocycles. The number of hydrogen-bond acceptors (Lipinski definition) is 4. The third-order valence-electron chi connectivity index (χ3n) is 3.70. The molecule has 0 aromatic heterocycles. The van der Waals surface area contributed by atoms with Crippen LogP contribution in [0, 0.1) is 0 Å².